The van der Waals surface area contributed by atoms with Gasteiger partial charge in [-0.3, -0.25) is 4.79 Å². The van der Waals surface area contributed by atoms with E-state index in [0.29, 0.717) is 6.54 Å². The molecule has 1 rings (SSSR count). The molecule has 17 heavy (non-hydrogen) atoms. The lowest BCUT2D eigenvalue weighted by Crippen LogP contribution is -2.38. The van der Waals surface area contributed by atoms with Crippen LogP contribution in [0.15, 0.2) is 24.3 Å². The third kappa shape index (κ3) is 4.87. The van der Waals surface area contributed by atoms with E-state index in [9.17, 15) is 4.79 Å². The van der Waals surface area contributed by atoms with E-state index in [1.165, 1.54) is 5.56 Å². The number of methoxy groups -OCH3 is 1. The molecule has 0 saturated heterocycles. The van der Waals surface area contributed by atoms with Crippen LogP contribution < -0.4 is 15.8 Å². The molecular formula is C13H20N2O2. The van der Waals surface area contributed by atoms with Crippen molar-refractivity contribution >= 4 is 5.91 Å². The lowest BCUT2D eigenvalue weighted by atomic mass is 10.1. The molecule has 0 fully saturated rings. The van der Waals surface area contributed by atoms with E-state index in [0.717, 1.165) is 18.6 Å². The Morgan fingerprint density at radius 1 is 1.41 bits per heavy atom. The van der Waals surface area contributed by atoms with Crippen molar-refractivity contribution in [1.82, 2.24) is 5.32 Å². The Morgan fingerprint density at radius 3 is 2.59 bits per heavy atom. The highest BCUT2D eigenvalue weighted by Crippen LogP contribution is 2.12. The van der Waals surface area contributed by atoms with Crippen molar-refractivity contribution in [2.24, 2.45) is 5.73 Å². The number of nitrogens with two attached hydrogens (primary N) is 1. The molecule has 94 valence electrons. The molecule has 0 aromatic heterocycles. The standard InChI is InChI=1S/C13H20N2O2/c1-10(14)13(16)15-9-3-4-11-5-7-12(17-2)8-6-11/h5-8,10H,3-4,9,14H2,1-2H3,(H,15,16)/t10-/m1/s1. The molecular weight excluding hydrogens is 216 g/mol. The van der Waals surface area contributed by atoms with E-state index in [1.54, 1.807) is 14.0 Å². The van der Waals surface area contributed by atoms with Crippen molar-refractivity contribution in [1.29, 1.82) is 0 Å². The van der Waals surface area contributed by atoms with E-state index < -0.39 is 6.04 Å². The van der Waals surface area contributed by atoms with Crippen LogP contribution in [0.2, 0.25) is 0 Å². The summed E-state index contributed by atoms with van der Waals surface area (Å²) in [6, 6.07) is 7.51. The van der Waals surface area contributed by atoms with Crippen LogP contribution in [0.3, 0.4) is 0 Å². The molecule has 0 saturated carbocycles. The Kier molecular flexibility index (Phi) is 5.49. The van der Waals surface area contributed by atoms with Gasteiger partial charge in [-0.05, 0) is 37.5 Å². The molecule has 0 aliphatic rings. The fourth-order valence-electron chi connectivity index (χ4n) is 1.46. The molecule has 0 radical (unpaired) electrons. The molecule has 0 aliphatic heterocycles. The number of carbonyl (C=O) groups excluding carboxylic acids is 1. The highest BCUT2D eigenvalue weighted by atomic mass is 16.5. The number of benzene rings is 1. The molecule has 3 N–H and O–H groups in total. The number of rotatable bonds is 6. The predicted molar refractivity (Wildman–Crippen MR) is 68.0 cm³/mol. The monoisotopic (exact) mass is 236 g/mol. The van der Waals surface area contributed by atoms with E-state index in [1.807, 2.05) is 24.3 Å². The minimum atomic E-state index is -0.434. The Balaban J connectivity index is 2.24. The van der Waals surface area contributed by atoms with E-state index in [2.05, 4.69) is 5.32 Å². The zero-order valence-electron chi connectivity index (χ0n) is 10.4. The lowest BCUT2D eigenvalue weighted by Gasteiger charge is -2.07. The fraction of sp³-hybridized carbons (Fsp3) is 0.462. The first-order valence-electron chi connectivity index (χ1n) is 5.79. The summed E-state index contributed by atoms with van der Waals surface area (Å²) in [4.78, 5) is 11.2. The minimum Gasteiger partial charge on any atom is -0.497 e. The maximum atomic E-state index is 11.2. The minimum absolute atomic E-state index is 0.0975. The quantitative estimate of drug-likeness (QED) is 0.727. The van der Waals surface area contributed by atoms with Gasteiger partial charge in [0.15, 0.2) is 0 Å². The van der Waals surface area contributed by atoms with Gasteiger partial charge in [0.05, 0.1) is 13.2 Å². The van der Waals surface area contributed by atoms with E-state index >= 15 is 0 Å². The third-order valence-corrected chi connectivity index (χ3v) is 2.51. The first kappa shape index (κ1) is 13.5. The molecule has 1 atom stereocenters. The Labute approximate surface area is 102 Å². The van der Waals surface area contributed by atoms with Gasteiger partial charge in [-0.15, -0.1) is 0 Å². The summed E-state index contributed by atoms with van der Waals surface area (Å²) >= 11 is 0. The van der Waals surface area contributed by atoms with Gasteiger partial charge in [0.2, 0.25) is 5.91 Å². The fourth-order valence-corrected chi connectivity index (χ4v) is 1.46. The van der Waals surface area contributed by atoms with Crippen molar-refractivity contribution in [3.63, 3.8) is 0 Å². The first-order valence-corrected chi connectivity index (χ1v) is 5.79. The molecule has 4 nitrogen and oxygen atoms in total. The van der Waals surface area contributed by atoms with Gasteiger partial charge in [0, 0.05) is 6.54 Å². The normalized spacial score (nSPS) is 11.9. The molecule has 1 amide bonds. The third-order valence-electron chi connectivity index (χ3n) is 2.51. The van der Waals surface area contributed by atoms with Gasteiger partial charge in [-0.2, -0.15) is 0 Å². The lowest BCUT2D eigenvalue weighted by molar-refractivity contribution is -0.121. The van der Waals surface area contributed by atoms with Crippen LogP contribution >= 0.6 is 0 Å². The highest BCUT2D eigenvalue weighted by Gasteiger charge is 2.05. The first-order chi connectivity index (χ1) is 8.13. The SMILES string of the molecule is COc1ccc(CCCNC(=O)[C@@H](C)N)cc1. The molecule has 0 bridgehead atoms. The summed E-state index contributed by atoms with van der Waals surface area (Å²) < 4.78 is 5.08. The van der Waals surface area contributed by atoms with Gasteiger partial charge >= 0.3 is 0 Å². The average molecular weight is 236 g/mol. The number of hydrogen-bond donors (Lipinski definition) is 2. The molecule has 1 aromatic rings. The van der Waals surface area contributed by atoms with Crippen LogP contribution in [0.1, 0.15) is 18.9 Å². The van der Waals surface area contributed by atoms with Crippen LogP contribution in [0.4, 0.5) is 0 Å². The summed E-state index contributed by atoms with van der Waals surface area (Å²) in [6.07, 6.45) is 1.84. The van der Waals surface area contributed by atoms with Crippen molar-refractivity contribution in [2.45, 2.75) is 25.8 Å². The Hall–Kier alpha value is -1.55. The van der Waals surface area contributed by atoms with Crippen LogP contribution in [0.25, 0.3) is 0 Å². The average Bonchev–Trinajstić information content (AvgIpc) is 2.35. The zero-order valence-corrected chi connectivity index (χ0v) is 10.4. The zero-order chi connectivity index (χ0) is 12.7. The molecule has 1 aromatic carbocycles. The predicted octanol–water partition coefficient (Wildman–Crippen LogP) is 1.09. The number of ether oxygens (including phenoxy) is 1. The number of carbonyl (C=O) groups is 1. The van der Waals surface area contributed by atoms with Crippen molar-refractivity contribution in [2.75, 3.05) is 13.7 Å². The molecule has 0 heterocycles. The van der Waals surface area contributed by atoms with Gasteiger partial charge in [0.25, 0.3) is 0 Å². The summed E-state index contributed by atoms with van der Waals surface area (Å²) in [5, 5.41) is 2.79. The smallest absolute Gasteiger partial charge is 0.236 e. The summed E-state index contributed by atoms with van der Waals surface area (Å²) in [7, 11) is 1.65. The number of amides is 1. The van der Waals surface area contributed by atoms with Crippen LogP contribution in [0.5, 0.6) is 5.75 Å². The van der Waals surface area contributed by atoms with Crippen molar-refractivity contribution < 1.29 is 9.53 Å². The van der Waals surface area contributed by atoms with Crippen LogP contribution in [-0.2, 0) is 11.2 Å². The van der Waals surface area contributed by atoms with Gasteiger partial charge in [-0.1, -0.05) is 12.1 Å². The largest absolute Gasteiger partial charge is 0.497 e. The van der Waals surface area contributed by atoms with Gasteiger partial charge in [0.1, 0.15) is 5.75 Å². The van der Waals surface area contributed by atoms with Crippen LogP contribution in [-0.4, -0.2) is 25.6 Å². The second-order valence-electron chi connectivity index (χ2n) is 4.03. The molecule has 0 aliphatic carbocycles. The van der Waals surface area contributed by atoms with Gasteiger partial charge in [-0.25, -0.2) is 0 Å². The second-order valence-corrected chi connectivity index (χ2v) is 4.03. The number of hydrogen-bond acceptors (Lipinski definition) is 3. The summed E-state index contributed by atoms with van der Waals surface area (Å²) in [5.74, 6) is 0.763. The highest BCUT2D eigenvalue weighted by molar-refractivity contribution is 5.80. The number of nitrogens with one attached hydrogen (secondary N) is 1. The topological polar surface area (TPSA) is 64.3 Å². The van der Waals surface area contributed by atoms with E-state index in [4.69, 9.17) is 10.5 Å². The van der Waals surface area contributed by atoms with Crippen LogP contribution in [0, 0.1) is 0 Å². The van der Waals surface area contributed by atoms with Crippen molar-refractivity contribution in [3.05, 3.63) is 29.8 Å². The Bertz CT molecular complexity index is 347. The summed E-state index contributed by atoms with van der Waals surface area (Å²) in [6.45, 7) is 2.34. The van der Waals surface area contributed by atoms with Crippen molar-refractivity contribution in [3.8, 4) is 5.75 Å². The molecule has 0 unspecified atom stereocenters. The van der Waals surface area contributed by atoms with Gasteiger partial charge < -0.3 is 15.8 Å². The van der Waals surface area contributed by atoms with E-state index in [-0.39, 0.29) is 5.91 Å². The maximum absolute atomic E-state index is 11.2. The molecule has 0 spiro atoms. The number of aryl methyl sites for hydroxylation is 1. The summed E-state index contributed by atoms with van der Waals surface area (Å²) in [5.41, 5.74) is 6.67. The Morgan fingerprint density at radius 2 is 2.06 bits per heavy atom. The maximum Gasteiger partial charge on any atom is 0.236 e. The molecule has 4 heteroatoms. The second kappa shape index (κ2) is 6.91.